The van der Waals surface area contributed by atoms with E-state index in [2.05, 4.69) is 24.1 Å². The number of aromatic nitrogens is 1. The Labute approximate surface area is 131 Å². The summed E-state index contributed by atoms with van der Waals surface area (Å²) < 4.78 is 0. The lowest BCUT2D eigenvalue weighted by Gasteiger charge is -2.14. The number of benzene rings is 1. The third-order valence-corrected chi connectivity index (χ3v) is 4.39. The quantitative estimate of drug-likeness (QED) is 0.823. The normalized spacial score (nSPS) is 12.8. The van der Waals surface area contributed by atoms with Crippen molar-refractivity contribution in [2.45, 2.75) is 39.8 Å². The van der Waals surface area contributed by atoms with E-state index < -0.39 is 6.10 Å². The van der Waals surface area contributed by atoms with Crippen molar-refractivity contribution in [1.82, 2.24) is 10.3 Å². The maximum atomic E-state index is 10.2. The van der Waals surface area contributed by atoms with Crippen molar-refractivity contribution >= 4 is 11.3 Å². The molecule has 0 bridgehead atoms. The fraction of sp³-hybridized carbons (Fsp3) is 0.471. The number of hydrogen-bond donors (Lipinski definition) is 2. The zero-order valence-corrected chi connectivity index (χ0v) is 13.8. The van der Waals surface area contributed by atoms with Gasteiger partial charge in [0.1, 0.15) is 0 Å². The molecule has 114 valence electrons. The lowest BCUT2D eigenvalue weighted by atomic mass is 10.0. The third kappa shape index (κ3) is 4.92. The van der Waals surface area contributed by atoms with Gasteiger partial charge >= 0.3 is 0 Å². The SMILES string of the molecule is Cc1ccccc1C(O)CNCc1cnc(CC(C)C)s1. The molecule has 0 aliphatic rings. The highest BCUT2D eigenvalue weighted by Gasteiger charge is 2.10. The largest absolute Gasteiger partial charge is 0.387 e. The smallest absolute Gasteiger partial charge is 0.0930 e. The zero-order valence-electron chi connectivity index (χ0n) is 13.0. The van der Waals surface area contributed by atoms with Gasteiger partial charge in [-0.2, -0.15) is 0 Å². The van der Waals surface area contributed by atoms with Crippen molar-refractivity contribution in [1.29, 1.82) is 0 Å². The van der Waals surface area contributed by atoms with Crippen molar-refractivity contribution in [3.05, 3.63) is 51.5 Å². The molecule has 4 heteroatoms. The molecule has 1 heterocycles. The Morgan fingerprint density at radius 2 is 2.05 bits per heavy atom. The summed E-state index contributed by atoms with van der Waals surface area (Å²) in [7, 11) is 0. The van der Waals surface area contributed by atoms with E-state index in [0.29, 0.717) is 12.5 Å². The first kappa shape index (κ1) is 16.1. The van der Waals surface area contributed by atoms with Gasteiger partial charge in [-0.25, -0.2) is 4.98 Å². The summed E-state index contributed by atoms with van der Waals surface area (Å²) in [4.78, 5) is 5.67. The maximum Gasteiger partial charge on any atom is 0.0930 e. The van der Waals surface area contributed by atoms with Crippen molar-refractivity contribution in [3.8, 4) is 0 Å². The summed E-state index contributed by atoms with van der Waals surface area (Å²) in [6, 6.07) is 7.97. The summed E-state index contributed by atoms with van der Waals surface area (Å²) >= 11 is 1.76. The van der Waals surface area contributed by atoms with Gasteiger partial charge in [0.15, 0.2) is 0 Å². The van der Waals surface area contributed by atoms with Gasteiger partial charge < -0.3 is 10.4 Å². The van der Waals surface area contributed by atoms with Crippen LogP contribution in [0.25, 0.3) is 0 Å². The molecule has 2 aromatic rings. The molecule has 0 aliphatic heterocycles. The topological polar surface area (TPSA) is 45.1 Å². The number of aliphatic hydroxyl groups excluding tert-OH is 1. The molecule has 2 N–H and O–H groups in total. The third-order valence-electron chi connectivity index (χ3n) is 3.37. The summed E-state index contributed by atoms with van der Waals surface area (Å²) in [5.41, 5.74) is 2.12. The average molecular weight is 304 g/mol. The molecule has 1 unspecified atom stereocenters. The van der Waals surface area contributed by atoms with Gasteiger partial charge in [0.2, 0.25) is 0 Å². The average Bonchev–Trinajstić information content (AvgIpc) is 2.85. The zero-order chi connectivity index (χ0) is 15.2. The number of aliphatic hydroxyl groups is 1. The summed E-state index contributed by atoms with van der Waals surface area (Å²) in [5.74, 6) is 0.639. The van der Waals surface area contributed by atoms with Crippen LogP contribution in [0.1, 0.15) is 41.0 Å². The van der Waals surface area contributed by atoms with E-state index in [0.717, 1.165) is 24.1 Å². The molecule has 3 nitrogen and oxygen atoms in total. The monoisotopic (exact) mass is 304 g/mol. The maximum absolute atomic E-state index is 10.2. The van der Waals surface area contributed by atoms with Gasteiger partial charge in [0, 0.05) is 30.6 Å². The molecule has 1 atom stereocenters. The molecule has 0 aliphatic carbocycles. The van der Waals surface area contributed by atoms with Gasteiger partial charge in [-0.15, -0.1) is 11.3 Å². The van der Waals surface area contributed by atoms with Crippen LogP contribution >= 0.6 is 11.3 Å². The van der Waals surface area contributed by atoms with E-state index in [-0.39, 0.29) is 0 Å². The Balaban J connectivity index is 1.81. The van der Waals surface area contributed by atoms with E-state index in [4.69, 9.17) is 0 Å². The van der Waals surface area contributed by atoms with Crippen LogP contribution in [0.3, 0.4) is 0 Å². The highest BCUT2D eigenvalue weighted by atomic mass is 32.1. The van der Waals surface area contributed by atoms with Gasteiger partial charge in [-0.05, 0) is 24.0 Å². The van der Waals surface area contributed by atoms with Crippen LogP contribution in [0.2, 0.25) is 0 Å². The van der Waals surface area contributed by atoms with E-state index in [1.165, 1.54) is 9.88 Å². The minimum atomic E-state index is -0.464. The molecule has 0 fully saturated rings. The Hall–Kier alpha value is -1.23. The van der Waals surface area contributed by atoms with Gasteiger partial charge in [0.05, 0.1) is 11.1 Å². The van der Waals surface area contributed by atoms with Crippen molar-refractivity contribution < 1.29 is 5.11 Å². The molecule has 0 amide bonds. The van der Waals surface area contributed by atoms with Crippen LogP contribution in [-0.4, -0.2) is 16.6 Å². The Kier molecular flexibility index (Phi) is 5.91. The summed E-state index contributed by atoms with van der Waals surface area (Å²) in [6.45, 7) is 7.76. The number of nitrogens with zero attached hydrogens (tertiary/aromatic N) is 1. The second-order valence-electron chi connectivity index (χ2n) is 5.82. The minimum absolute atomic E-state index is 0.464. The molecular weight excluding hydrogens is 280 g/mol. The fourth-order valence-electron chi connectivity index (χ4n) is 2.28. The van der Waals surface area contributed by atoms with E-state index in [1.54, 1.807) is 11.3 Å². The number of aryl methyl sites for hydroxylation is 1. The first-order chi connectivity index (χ1) is 10.1. The van der Waals surface area contributed by atoms with E-state index in [9.17, 15) is 5.11 Å². The lowest BCUT2D eigenvalue weighted by Crippen LogP contribution is -2.21. The summed E-state index contributed by atoms with van der Waals surface area (Å²) in [5, 5.41) is 14.7. The predicted molar refractivity (Wildman–Crippen MR) is 88.5 cm³/mol. The van der Waals surface area contributed by atoms with Crippen LogP contribution in [0.4, 0.5) is 0 Å². The van der Waals surface area contributed by atoms with Crippen molar-refractivity contribution in [3.63, 3.8) is 0 Å². The molecule has 0 saturated carbocycles. The number of nitrogens with one attached hydrogen (secondary N) is 1. The van der Waals surface area contributed by atoms with Crippen LogP contribution < -0.4 is 5.32 Å². The van der Waals surface area contributed by atoms with Gasteiger partial charge in [-0.1, -0.05) is 38.1 Å². The molecule has 0 saturated heterocycles. The molecule has 0 radical (unpaired) electrons. The molecule has 21 heavy (non-hydrogen) atoms. The fourth-order valence-corrected chi connectivity index (χ4v) is 3.38. The first-order valence-corrected chi connectivity index (χ1v) is 8.25. The number of rotatable bonds is 7. The van der Waals surface area contributed by atoms with Gasteiger partial charge in [0.25, 0.3) is 0 Å². The van der Waals surface area contributed by atoms with Crippen molar-refractivity contribution in [2.75, 3.05) is 6.54 Å². The van der Waals surface area contributed by atoms with E-state index >= 15 is 0 Å². The lowest BCUT2D eigenvalue weighted by molar-refractivity contribution is 0.174. The van der Waals surface area contributed by atoms with Crippen LogP contribution in [0.5, 0.6) is 0 Å². The van der Waals surface area contributed by atoms with Crippen LogP contribution in [-0.2, 0) is 13.0 Å². The minimum Gasteiger partial charge on any atom is -0.387 e. The predicted octanol–water partition coefficient (Wildman–Crippen LogP) is 3.47. The molecule has 1 aromatic heterocycles. The highest BCUT2D eigenvalue weighted by molar-refractivity contribution is 7.11. The number of thiazole rings is 1. The molecular formula is C17H24N2OS. The highest BCUT2D eigenvalue weighted by Crippen LogP contribution is 2.18. The molecule has 2 rings (SSSR count). The van der Waals surface area contributed by atoms with Crippen molar-refractivity contribution in [2.24, 2.45) is 5.92 Å². The van der Waals surface area contributed by atoms with E-state index in [1.807, 2.05) is 37.4 Å². The molecule has 0 spiro atoms. The number of hydrogen-bond acceptors (Lipinski definition) is 4. The Morgan fingerprint density at radius 1 is 1.29 bits per heavy atom. The Bertz CT molecular complexity index is 565. The van der Waals surface area contributed by atoms with Gasteiger partial charge in [-0.3, -0.25) is 0 Å². The van der Waals surface area contributed by atoms with Crippen LogP contribution in [0, 0.1) is 12.8 Å². The second kappa shape index (κ2) is 7.69. The summed E-state index contributed by atoms with van der Waals surface area (Å²) in [6.07, 6.45) is 2.51. The second-order valence-corrected chi connectivity index (χ2v) is 7.02. The molecule has 1 aromatic carbocycles. The first-order valence-electron chi connectivity index (χ1n) is 7.44. The standard InChI is InChI=1S/C17H24N2OS/c1-12(2)8-17-19-10-14(21-17)9-18-11-16(20)15-7-5-4-6-13(15)3/h4-7,10,12,16,18,20H,8-9,11H2,1-3H3. The van der Waals surface area contributed by atoms with Crippen LogP contribution in [0.15, 0.2) is 30.5 Å². The Morgan fingerprint density at radius 3 is 2.76 bits per heavy atom.